The molecule has 0 amide bonds. The zero-order valence-corrected chi connectivity index (χ0v) is 14.3. The van der Waals surface area contributed by atoms with Crippen molar-refractivity contribution in [2.75, 3.05) is 12.8 Å². The number of nitrogens with zero attached hydrogens (tertiary/aromatic N) is 4. The third-order valence-electron chi connectivity index (χ3n) is 3.79. The Morgan fingerprint density at radius 2 is 1.80 bits per heavy atom. The van der Waals surface area contributed by atoms with Crippen LogP contribution in [0, 0.1) is 0 Å². The van der Waals surface area contributed by atoms with Crippen molar-refractivity contribution < 1.29 is 4.74 Å². The van der Waals surface area contributed by atoms with Gasteiger partial charge in [-0.3, -0.25) is 0 Å². The highest BCUT2D eigenvalue weighted by Crippen LogP contribution is 2.33. The zero-order valence-electron chi connectivity index (χ0n) is 13.5. The topological polar surface area (TPSA) is 78.8 Å². The molecule has 0 spiro atoms. The average Bonchev–Trinajstić information content (AvgIpc) is 3.29. The predicted octanol–water partition coefficient (Wildman–Crippen LogP) is 3.65. The Kier molecular flexibility index (Phi) is 3.91. The van der Waals surface area contributed by atoms with Gasteiger partial charge in [0.15, 0.2) is 11.5 Å². The standard InChI is InChI=1S/C18H15N5OS/c1-24-15-10-6-5-9-14(15)23-17(19)16(21-22-23)18-20-13(11-25-18)12-7-3-2-4-8-12/h2-11H,19H2,1H3. The van der Waals surface area contributed by atoms with Crippen molar-refractivity contribution in [3.63, 3.8) is 0 Å². The largest absolute Gasteiger partial charge is 0.494 e. The van der Waals surface area contributed by atoms with Crippen LogP contribution in [0.1, 0.15) is 0 Å². The fourth-order valence-electron chi connectivity index (χ4n) is 2.55. The molecule has 2 aromatic carbocycles. The number of benzene rings is 2. The van der Waals surface area contributed by atoms with Gasteiger partial charge in [0.1, 0.15) is 16.4 Å². The second-order valence-electron chi connectivity index (χ2n) is 5.31. The number of methoxy groups -OCH3 is 1. The lowest BCUT2D eigenvalue weighted by Gasteiger charge is -2.08. The number of anilines is 1. The van der Waals surface area contributed by atoms with E-state index >= 15 is 0 Å². The number of nitrogen functional groups attached to an aromatic ring is 1. The quantitative estimate of drug-likeness (QED) is 0.608. The van der Waals surface area contributed by atoms with Crippen molar-refractivity contribution in [1.82, 2.24) is 20.0 Å². The molecule has 2 heterocycles. The minimum Gasteiger partial charge on any atom is -0.494 e. The maximum atomic E-state index is 6.29. The molecule has 0 atom stereocenters. The SMILES string of the molecule is COc1ccccc1-n1nnc(-c2nc(-c3ccccc3)cs2)c1N. The Labute approximate surface area is 148 Å². The van der Waals surface area contributed by atoms with Crippen LogP contribution in [0.5, 0.6) is 5.75 Å². The third-order valence-corrected chi connectivity index (χ3v) is 4.64. The molecule has 2 N–H and O–H groups in total. The molecule has 25 heavy (non-hydrogen) atoms. The Balaban J connectivity index is 1.74. The molecule has 0 aliphatic carbocycles. The van der Waals surface area contributed by atoms with Gasteiger partial charge in [-0.05, 0) is 12.1 Å². The maximum absolute atomic E-state index is 6.29. The van der Waals surface area contributed by atoms with Gasteiger partial charge in [0.2, 0.25) is 0 Å². The number of aromatic nitrogens is 4. The van der Waals surface area contributed by atoms with E-state index in [-0.39, 0.29) is 0 Å². The molecule has 4 aromatic rings. The Morgan fingerprint density at radius 3 is 2.60 bits per heavy atom. The first-order valence-corrected chi connectivity index (χ1v) is 8.52. The summed E-state index contributed by atoms with van der Waals surface area (Å²) in [6.07, 6.45) is 0. The van der Waals surface area contributed by atoms with Crippen LogP contribution in [0.15, 0.2) is 60.0 Å². The summed E-state index contributed by atoms with van der Waals surface area (Å²) in [4.78, 5) is 4.65. The van der Waals surface area contributed by atoms with Crippen molar-refractivity contribution in [3.05, 3.63) is 60.0 Å². The smallest absolute Gasteiger partial charge is 0.165 e. The Bertz CT molecular complexity index is 1010. The van der Waals surface area contributed by atoms with Gasteiger partial charge in [-0.15, -0.1) is 16.4 Å². The van der Waals surface area contributed by atoms with Crippen molar-refractivity contribution in [1.29, 1.82) is 0 Å². The first-order chi connectivity index (χ1) is 12.3. The van der Waals surface area contributed by atoms with E-state index in [1.807, 2.05) is 60.0 Å². The van der Waals surface area contributed by atoms with Gasteiger partial charge in [0.25, 0.3) is 0 Å². The highest BCUT2D eigenvalue weighted by atomic mass is 32.1. The van der Waals surface area contributed by atoms with E-state index in [9.17, 15) is 0 Å². The van der Waals surface area contributed by atoms with Crippen LogP contribution in [0.4, 0.5) is 5.82 Å². The molecular formula is C18H15N5OS. The summed E-state index contributed by atoms with van der Waals surface area (Å²) in [5.74, 6) is 1.10. The van der Waals surface area contributed by atoms with E-state index in [2.05, 4.69) is 15.3 Å². The summed E-state index contributed by atoms with van der Waals surface area (Å²) in [6.45, 7) is 0. The lowest BCUT2D eigenvalue weighted by molar-refractivity contribution is 0.411. The molecule has 7 heteroatoms. The zero-order chi connectivity index (χ0) is 17.2. The number of thiazole rings is 1. The first-order valence-electron chi connectivity index (χ1n) is 7.64. The molecule has 0 bridgehead atoms. The monoisotopic (exact) mass is 349 g/mol. The van der Waals surface area contributed by atoms with Gasteiger partial charge in [0, 0.05) is 10.9 Å². The fourth-order valence-corrected chi connectivity index (χ4v) is 3.37. The van der Waals surface area contributed by atoms with Gasteiger partial charge in [-0.25, -0.2) is 4.98 Å². The van der Waals surface area contributed by atoms with Crippen LogP contribution < -0.4 is 10.5 Å². The molecule has 2 aromatic heterocycles. The van der Waals surface area contributed by atoms with Crippen LogP contribution >= 0.6 is 11.3 Å². The first kappa shape index (κ1) is 15.3. The molecule has 0 aliphatic rings. The number of hydrogen-bond acceptors (Lipinski definition) is 6. The Morgan fingerprint density at radius 1 is 1.04 bits per heavy atom. The minimum absolute atomic E-state index is 0.429. The van der Waals surface area contributed by atoms with Crippen molar-refractivity contribution in [2.45, 2.75) is 0 Å². The number of ether oxygens (including phenoxy) is 1. The maximum Gasteiger partial charge on any atom is 0.165 e. The van der Waals surface area contributed by atoms with Gasteiger partial charge >= 0.3 is 0 Å². The average molecular weight is 349 g/mol. The highest BCUT2D eigenvalue weighted by Gasteiger charge is 2.18. The number of nitrogens with two attached hydrogens (primary N) is 1. The lowest BCUT2D eigenvalue weighted by atomic mass is 10.2. The Hall–Kier alpha value is -3.19. The van der Waals surface area contributed by atoms with E-state index < -0.39 is 0 Å². The second kappa shape index (κ2) is 6.37. The summed E-state index contributed by atoms with van der Waals surface area (Å²) >= 11 is 1.49. The van der Waals surface area contributed by atoms with Gasteiger partial charge < -0.3 is 10.5 Å². The summed E-state index contributed by atoms with van der Waals surface area (Å²) < 4.78 is 6.94. The van der Waals surface area contributed by atoms with E-state index in [0.717, 1.165) is 22.0 Å². The van der Waals surface area contributed by atoms with E-state index in [4.69, 9.17) is 10.5 Å². The lowest BCUT2D eigenvalue weighted by Crippen LogP contribution is -2.04. The van der Waals surface area contributed by atoms with Crippen molar-refractivity contribution in [2.24, 2.45) is 0 Å². The molecular weight excluding hydrogens is 334 g/mol. The summed E-state index contributed by atoms with van der Waals surface area (Å²) in [6, 6.07) is 17.5. The second-order valence-corrected chi connectivity index (χ2v) is 6.17. The molecule has 4 rings (SSSR count). The van der Waals surface area contributed by atoms with Crippen LogP contribution in [0.2, 0.25) is 0 Å². The summed E-state index contributed by atoms with van der Waals surface area (Å²) in [5, 5.41) is 11.1. The van der Waals surface area contributed by atoms with E-state index in [0.29, 0.717) is 17.3 Å². The van der Waals surface area contributed by atoms with Crippen molar-refractivity contribution in [3.8, 4) is 33.4 Å². The van der Waals surface area contributed by atoms with Crippen molar-refractivity contribution >= 4 is 17.2 Å². The van der Waals surface area contributed by atoms with Gasteiger partial charge in [0.05, 0.1) is 12.8 Å². The predicted molar refractivity (Wildman–Crippen MR) is 98.9 cm³/mol. The molecule has 0 unspecified atom stereocenters. The molecule has 6 nitrogen and oxygen atoms in total. The van der Waals surface area contributed by atoms with E-state index in [1.165, 1.54) is 11.3 Å². The summed E-state index contributed by atoms with van der Waals surface area (Å²) in [5.41, 5.74) is 9.54. The number of rotatable bonds is 4. The molecule has 0 radical (unpaired) electrons. The van der Waals surface area contributed by atoms with E-state index in [1.54, 1.807) is 11.8 Å². The highest BCUT2D eigenvalue weighted by molar-refractivity contribution is 7.13. The van der Waals surface area contributed by atoms with Crippen LogP contribution in [-0.4, -0.2) is 27.1 Å². The van der Waals surface area contributed by atoms with Crippen LogP contribution in [0.25, 0.3) is 27.6 Å². The minimum atomic E-state index is 0.429. The fraction of sp³-hybridized carbons (Fsp3) is 0.0556. The molecule has 0 saturated carbocycles. The molecule has 0 fully saturated rings. The van der Waals surface area contributed by atoms with Gasteiger partial charge in [-0.2, -0.15) is 4.68 Å². The number of hydrogen-bond donors (Lipinski definition) is 1. The third kappa shape index (κ3) is 2.74. The normalized spacial score (nSPS) is 10.8. The molecule has 0 saturated heterocycles. The van der Waals surface area contributed by atoms with Crippen LogP contribution in [-0.2, 0) is 0 Å². The number of para-hydroxylation sites is 2. The molecule has 0 aliphatic heterocycles. The van der Waals surface area contributed by atoms with Crippen LogP contribution in [0.3, 0.4) is 0 Å². The molecule has 124 valence electrons. The summed E-state index contributed by atoms with van der Waals surface area (Å²) in [7, 11) is 1.61. The van der Waals surface area contributed by atoms with Gasteiger partial charge in [-0.1, -0.05) is 47.7 Å².